The molecule has 0 amide bonds. The molecule has 0 fully saturated rings. The molecular formula is C15H25N3O. The van der Waals surface area contributed by atoms with E-state index in [1.54, 1.807) is 7.11 Å². The fraction of sp³-hybridized carbons (Fsp3) is 0.733. The Morgan fingerprint density at radius 1 is 1.32 bits per heavy atom. The quantitative estimate of drug-likeness (QED) is 0.886. The zero-order valence-electron chi connectivity index (χ0n) is 12.5. The summed E-state index contributed by atoms with van der Waals surface area (Å²) in [4.78, 5) is 9.56. The van der Waals surface area contributed by atoms with Crippen molar-refractivity contribution in [3.63, 3.8) is 0 Å². The molecule has 0 saturated carbocycles. The van der Waals surface area contributed by atoms with Crippen molar-refractivity contribution in [2.75, 3.05) is 13.7 Å². The molecule has 1 aromatic heterocycles. The van der Waals surface area contributed by atoms with Crippen LogP contribution in [0.1, 0.15) is 56.1 Å². The summed E-state index contributed by atoms with van der Waals surface area (Å²) in [5, 5.41) is 3.41. The van der Waals surface area contributed by atoms with Crippen LogP contribution in [0.4, 0.5) is 0 Å². The number of aryl methyl sites for hydroxylation is 1. The van der Waals surface area contributed by atoms with Gasteiger partial charge in [-0.05, 0) is 12.3 Å². The van der Waals surface area contributed by atoms with E-state index in [2.05, 4.69) is 26.1 Å². The summed E-state index contributed by atoms with van der Waals surface area (Å²) in [7, 11) is 1.74. The normalized spacial score (nSPS) is 16.5. The van der Waals surface area contributed by atoms with E-state index in [4.69, 9.17) is 14.7 Å². The molecule has 1 aliphatic heterocycles. The highest BCUT2D eigenvalue weighted by Gasteiger charge is 2.23. The van der Waals surface area contributed by atoms with Gasteiger partial charge in [-0.15, -0.1) is 0 Å². The minimum Gasteiger partial charge on any atom is -0.373 e. The third-order valence-corrected chi connectivity index (χ3v) is 3.64. The van der Waals surface area contributed by atoms with Crippen molar-refractivity contribution in [3.05, 3.63) is 22.8 Å². The predicted octanol–water partition coefficient (Wildman–Crippen LogP) is 2.42. The highest BCUT2D eigenvalue weighted by atomic mass is 16.5. The highest BCUT2D eigenvalue weighted by Crippen LogP contribution is 2.25. The Labute approximate surface area is 116 Å². The lowest BCUT2D eigenvalue weighted by Crippen LogP contribution is -2.28. The third kappa shape index (κ3) is 3.12. The minimum atomic E-state index is -0.00390. The van der Waals surface area contributed by atoms with E-state index in [1.807, 2.05) is 0 Å². The van der Waals surface area contributed by atoms with Gasteiger partial charge in [0.15, 0.2) is 5.82 Å². The number of hydrogen-bond acceptors (Lipinski definition) is 4. The van der Waals surface area contributed by atoms with Crippen molar-refractivity contribution in [2.24, 2.45) is 5.92 Å². The van der Waals surface area contributed by atoms with Gasteiger partial charge in [-0.1, -0.05) is 27.2 Å². The third-order valence-electron chi connectivity index (χ3n) is 3.64. The molecule has 0 spiro atoms. The number of methoxy groups -OCH3 is 1. The van der Waals surface area contributed by atoms with Gasteiger partial charge in [-0.25, -0.2) is 9.97 Å². The number of ether oxygens (including phenoxy) is 1. The van der Waals surface area contributed by atoms with Crippen LogP contribution < -0.4 is 5.32 Å². The van der Waals surface area contributed by atoms with Crippen LogP contribution in [0.2, 0.25) is 0 Å². The largest absolute Gasteiger partial charge is 0.373 e. The number of aromatic nitrogens is 2. The van der Waals surface area contributed by atoms with E-state index in [-0.39, 0.29) is 6.10 Å². The fourth-order valence-corrected chi connectivity index (χ4v) is 2.68. The molecule has 0 aliphatic carbocycles. The SMILES string of the molecule is CCCc1nc(C(OC)C(C)C)nc2c1CNCC2. The molecule has 1 N–H and O–H groups in total. The van der Waals surface area contributed by atoms with Gasteiger partial charge in [0, 0.05) is 37.9 Å². The maximum atomic E-state index is 5.58. The lowest BCUT2D eigenvalue weighted by molar-refractivity contribution is 0.0570. The summed E-state index contributed by atoms with van der Waals surface area (Å²) >= 11 is 0. The fourth-order valence-electron chi connectivity index (χ4n) is 2.68. The van der Waals surface area contributed by atoms with Crippen LogP contribution in [0, 0.1) is 5.92 Å². The summed E-state index contributed by atoms with van der Waals surface area (Å²) in [5.41, 5.74) is 3.74. The summed E-state index contributed by atoms with van der Waals surface area (Å²) < 4.78 is 5.58. The second-order valence-corrected chi connectivity index (χ2v) is 5.53. The molecule has 1 aromatic rings. The molecular weight excluding hydrogens is 238 g/mol. The second kappa shape index (κ2) is 6.44. The molecule has 0 aromatic carbocycles. The van der Waals surface area contributed by atoms with Crippen LogP contribution in [-0.4, -0.2) is 23.6 Å². The van der Waals surface area contributed by atoms with Gasteiger partial charge >= 0.3 is 0 Å². The van der Waals surface area contributed by atoms with Gasteiger partial charge in [0.05, 0.1) is 5.69 Å². The van der Waals surface area contributed by atoms with E-state index >= 15 is 0 Å². The first-order valence-corrected chi connectivity index (χ1v) is 7.29. The molecule has 4 heteroatoms. The number of fused-ring (bicyclic) bond motifs is 1. The zero-order valence-corrected chi connectivity index (χ0v) is 12.5. The van der Waals surface area contributed by atoms with Crippen LogP contribution in [-0.2, 0) is 24.1 Å². The molecule has 1 atom stereocenters. The molecule has 0 saturated heterocycles. The lowest BCUT2D eigenvalue weighted by atomic mass is 10.0. The van der Waals surface area contributed by atoms with Crippen molar-refractivity contribution < 1.29 is 4.74 Å². The van der Waals surface area contributed by atoms with E-state index in [0.29, 0.717) is 5.92 Å². The smallest absolute Gasteiger partial charge is 0.157 e. The van der Waals surface area contributed by atoms with E-state index in [0.717, 1.165) is 38.2 Å². The van der Waals surface area contributed by atoms with Gasteiger partial charge in [0.25, 0.3) is 0 Å². The topological polar surface area (TPSA) is 47.0 Å². The number of nitrogens with one attached hydrogen (secondary N) is 1. The van der Waals surface area contributed by atoms with E-state index in [1.165, 1.54) is 17.0 Å². The molecule has 106 valence electrons. The Bertz CT molecular complexity index is 432. The first-order chi connectivity index (χ1) is 9.17. The van der Waals surface area contributed by atoms with E-state index in [9.17, 15) is 0 Å². The first kappa shape index (κ1) is 14.4. The predicted molar refractivity (Wildman–Crippen MR) is 76.0 cm³/mol. The molecule has 0 bridgehead atoms. The van der Waals surface area contributed by atoms with Crippen molar-refractivity contribution in [2.45, 2.75) is 52.7 Å². The summed E-state index contributed by atoms with van der Waals surface area (Å²) in [5.74, 6) is 1.25. The summed E-state index contributed by atoms with van der Waals surface area (Å²) in [6, 6.07) is 0. The number of hydrogen-bond donors (Lipinski definition) is 1. The molecule has 2 heterocycles. The molecule has 4 nitrogen and oxygen atoms in total. The monoisotopic (exact) mass is 263 g/mol. The average Bonchev–Trinajstić information content (AvgIpc) is 2.39. The highest BCUT2D eigenvalue weighted by molar-refractivity contribution is 5.29. The van der Waals surface area contributed by atoms with Crippen LogP contribution in [0.25, 0.3) is 0 Å². The molecule has 2 rings (SSSR count). The van der Waals surface area contributed by atoms with Crippen LogP contribution in [0.5, 0.6) is 0 Å². The Morgan fingerprint density at radius 2 is 2.11 bits per heavy atom. The Balaban J connectivity index is 2.42. The molecule has 19 heavy (non-hydrogen) atoms. The van der Waals surface area contributed by atoms with Gasteiger partial charge in [-0.2, -0.15) is 0 Å². The van der Waals surface area contributed by atoms with Crippen molar-refractivity contribution in [1.82, 2.24) is 15.3 Å². The molecule has 1 unspecified atom stereocenters. The minimum absolute atomic E-state index is 0.00390. The zero-order chi connectivity index (χ0) is 13.8. The lowest BCUT2D eigenvalue weighted by Gasteiger charge is -2.24. The Morgan fingerprint density at radius 3 is 2.74 bits per heavy atom. The maximum Gasteiger partial charge on any atom is 0.157 e. The van der Waals surface area contributed by atoms with Crippen LogP contribution in [0.15, 0.2) is 0 Å². The maximum absolute atomic E-state index is 5.58. The van der Waals surface area contributed by atoms with Crippen LogP contribution in [0.3, 0.4) is 0 Å². The number of rotatable bonds is 5. The van der Waals surface area contributed by atoms with Gasteiger partial charge < -0.3 is 10.1 Å². The summed E-state index contributed by atoms with van der Waals surface area (Å²) in [6.45, 7) is 8.41. The number of nitrogens with zero attached hydrogens (tertiary/aromatic N) is 2. The Hall–Kier alpha value is -1.00. The van der Waals surface area contributed by atoms with Crippen molar-refractivity contribution >= 4 is 0 Å². The standard InChI is InChI=1S/C15H25N3O/c1-5-6-12-11-9-16-8-7-13(11)18-15(17-12)14(19-4)10(2)3/h10,14,16H,5-9H2,1-4H3. The van der Waals surface area contributed by atoms with Crippen molar-refractivity contribution in [1.29, 1.82) is 0 Å². The first-order valence-electron chi connectivity index (χ1n) is 7.29. The van der Waals surface area contributed by atoms with Gasteiger partial charge in [0.1, 0.15) is 6.10 Å². The second-order valence-electron chi connectivity index (χ2n) is 5.53. The van der Waals surface area contributed by atoms with Crippen LogP contribution >= 0.6 is 0 Å². The van der Waals surface area contributed by atoms with E-state index < -0.39 is 0 Å². The summed E-state index contributed by atoms with van der Waals surface area (Å²) in [6.07, 6.45) is 3.13. The average molecular weight is 263 g/mol. The van der Waals surface area contributed by atoms with Crippen molar-refractivity contribution in [3.8, 4) is 0 Å². The molecule has 1 aliphatic rings. The Kier molecular flexibility index (Phi) is 4.88. The van der Waals surface area contributed by atoms with Gasteiger partial charge in [0.2, 0.25) is 0 Å². The van der Waals surface area contributed by atoms with Gasteiger partial charge in [-0.3, -0.25) is 0 Å². The molecule has 0 radical (unpaired) electrons.